The van der Waals surface area contributed by atoms with Crippen LogP contribution in [0, 0.1) is 0 Å². The Morgan fingerprint density at radius 2 is 2.00 bits per heavy atom. The van der Waals surface area contributed by atoms with Gasteiger partial charge in [0.05, 0.1) is 22.9 Å². The van der Waals surface area contributed by atoms with Crippen molar-refractivity contribution in [3.8, 4) is 5.75 Å². The summed E-state index contributed by atoms with van der Waals surface area (Å²) in [4.78, 5) is 4.01. The number of para-hydroxylation sites is 1. The lowest BCUT2D eigenvalue weighted by Gasteiger charge is -2.06. The summed E-state index contributed by atoms with van der Waals surface area (Å²) in [6.07, 6.45) is 1.62. The largest absolute Gasteiger partial charge is 0.493 e. The molecule has 1 aromatic carbocycles. The van der Waals surface area contributed by atoms with E-state index in [4.69, 9.17) is 39.5 Å². The van der Waals surface area contributed by atoms with Crippen LogP contribution in [0.15, 0.2) is 35.4 Å². The van der Waals surface area contributed by atoms with Gasteiger partial charge in [-0.05, 0) is 25.1 Å². The molecule has 0 saturated carbocycles. The lowest BCUT2D eigenvalue weighted by molar-refractivity contribution is 0.340. The van der Waals surface area contributed by atoms with E-state index in [1.165, 1.54) is 6.07 Å². The molecule has 1 heterocycles. The van der Waals surface area contributed by atoms with Gasteiger partial charge in [-0.3, -0.25) is 5.43 Å². The Labute approximate surface area is 137 Å². The second kappa shape index (κ2) is 7.50. The summed E-state index contributed by atoms with van der Waals surface area (Å²) >= 11 is 17.6. The first-order valence-corrected chi connectivity index (χ1v) is 7.27. The van der Waals surface area contributed by atoms with Crippen molar-refractivity contribution in [3.05, 3.63) is 51.1 Å². The highest BCUT2D eigenvalue weighted by Crippen LogP contribution is 2.28. The van der Waals surface area contributed by atoms with E-state index in [1.54, 1.807) is 6.21 Å². The monoisotopic (exact) mass is 343 g/mol. The number of hydrogen-bond acceptors (Lipinski definition) is 4. The van der Waals surface area contributed by atoms with Crippen molar-refractivity contribution < 1.29 is 4.74 Å². The molecule has 0 aliphatic rings. The number of hydrazone groups is 1. The number of anilines is 1. The highest BCUT2D eigenvalue weighted by molar-refractivity contribution is 6.42. The summed E-state index contributed by atoms with van der Waals surface area (Å²) in [5.41, 5.74) is 3.56. The minimum absolute atomic E-state index is 0.161. The number of hydrogen-bond donors (Lipinski definition) is 1. The van der Waals surface area contributed by atoms with Gasteiger partial charge in [0.25, 0.3) is 0 Å². The Kier molecular flexibility index (Phi) is 5.67. The number of pyridine rings is 1. The minimum atomic E-state index is 0.161. The molecule has 0 aliphatic carbocycles. The maximum atomic E-state index is 6.00. The number of ether oxygens (including phenoxy) is 1. The molecule has 0 unspecified atom stereocenters. The van der Waals surface area contributed by atoms with E-state index in [0.717, 1.165) is 11.3 Å². The maximum absolute atomic E-state index is 6.00. The first-order valence-electron chi connectivity index (χ1n) is 6.14. The molecule has 0 fully saturated rings. The predicted octanol–water partition coefficient (Wildman–Crippen LogP) is 4.89. The third-order valence-electron chi connectivity index (χ3n) is 2.48. The zero-order valence-corrected chi connectivity index (χ0v) is 13.4. The molecule has 0 amide bonds. The molecule has 2 rings (SSSR count). The topological polar surface area (TPSA) is 46.5 Å². The first-order chi connectivity index (χ1) is 10.1. The second-order valence-corrected chi connectivity index (χ2v) is 5.10. The molecule has 1 N–H and O–H groups in total. The molecule has 0 spiro atoms. The van der Waals surface area contributed by atoms with Crippen molar-refractivity contribution in [2.45, 2.75) is 6.92 Å². The van der Waals surface area contributed by atoms with Crippen LogP contribution in [0.2, 0.25) is 15.2 Å². The summed E-state index contributed by atoms with van der Waals surface area (Å²) in [6, 6.07) is 9.06. The van der Waals surface area contributed by atoms with Crippen LogP contribution in [-0.4, -0.2) is 17.8 Å². The van der Waals surface area contributed by atoms with E-state index in [2.05, 4.69) is 15.5 Å². The van der Waals surface area contributed by atoms with Gasteiger partial charge in [-0.1, -0.05) is 46.9 Å². The molecule has 1 aromatic heterocycles. The standard InChI is InChI=1S/C14H12Cl3N3O/c1-2-21-12-6-4-3-5-9(12)8-18-20-14-11(16)7-10(15)13(17)19-14/h3-8H,2H2,1H3,(H,19,20)/b18-8-. The first kappa shape index (κ1) is 15.9. The van der Waals surface area contributed by atoms with E-state index in [0.29, 0.717) is 17.4 Å². The van der Waals surface area contributed by atoms with Crippen LogP contribution in [0.25, 0.3) is 0 Å². The van der Waals surface area contributed by atoms with Crippen LogP contribution >= 0.6 is 34.8 Å². The van der Waals surface area contributed by atoms with Gasteiger partial charge in [-0.2, -0.15) is 5.10 Å². The van der Waals surface area contributed by atoms with Crippen LogP contribution in [0.3, 0.4) is 0 Å². The van der Waals surface area contributed by atoms with Gasteiger partial charge >= 0.3 is 0 Å². The number of nitrogens with one attached hydrogen (secondary N) is 1. The molecule has 0 saturated heterocycles. The SMILES string of the molecule is CCOc1ccccc1/C=N\Nc1nc(Cl)c(Cl)cc1Cl. The number of nitrogens with zero attached hydrogens (tertiary/aromatic N) is 2. The summed E-state index contributed by atoms with van der Waals surface area (Å²) in [5.74, 6) is 1.08. The molecular formula is C14H12Cl3N3O. The highest BCUT2D eigenvalue weighted by atomic mass is 35.5. The average molecular weight is 345 g/mol. The normalized spacial score (nSPS) is 10.9. The van der Waals surface area contributed by atoms with Crippen molar-refractivity contribution in [2.75, 3.05) is 12.0 Å². The van der Waals surface area contributed by atoms with Crippen LogP contribution in [0.1, 0.15) is 12.5 Å². The van der Waals surface area contributed by atoms with E-state index in [1.807, 2.05) is 31.2 Å². The van der Waals surface area contributed by atoms with Gasteiger partial charge in [0.2, 0.25) is 0 Å². The fourth-order valence-electron chi connectivity index (χ4n) is 1.56. The fourth-order valence-corrected chi connectivity index (χ4v) is 2.10. The van der Waals surface area contributed by atoms with Crippen molar-refractivity contribution in [1.82, 2.24) is 4.98 Å². The lowest BCUT2D eigenvalue weighted by Crippen LogP contribution is -1.98. The van der Waals surface area contributed by atoms with Crippen LogP contribution in [-0.2, 0) is 0 Å². The van der Waals surface area contributed by atoms with Gasteiger partial charge < -0.3 is 4.74 Å². The predicted molar refractivity (Wildman–Crippen MR) is 88.1 cm³/mol. The van der Waals surface area contributed by atoms with Gasteiger partial charge in [0, 0.05) is 5.56 Å². The summed E-state index contributed by atoms with van der Waals surface area (Å²) in [6.45, 7) is 2.50. The van der Waals surface area contributed by atoms with Crippen LogP contribution < -0.4 is 10.2 Å². The minimum Gasteiger partial charge on any atom is -0.493 e. The van der Waals surface area contributed by atoms with Gasteiger partial charge in [-0.25, -0.2) is 4.98 Å². The van der Waals surface area contributed by atoms with Crippen molar-refractivity contribution in [3.63, 3.8) is 0 Å². The summed E-state index contributed by atoms with van der Waals surface area (Å²) in [7, 11) is 0. The molecule has 2 aromatic rings. The van der Waals surface area contributed by atoms with Crippen molar-refractivity contribution in [2.24, 2.45) is 5.10 Å². The third-order valence-corrected chi connectivity index (χ3v) is 3.44. The molecule has 0 radical (unpaired) electrons. The van der Waals surface area contributed by atoms with E-state index >= 15 is 0 Å². The fraction of sp³-hybridized carbons (Fsp3) is 0.143. The van der Waals surface area contributed by atoms with Crippen LogP contribution in [0.4, 0.5) is 5.82 Å². The molecule has 7 heteroatoms. The van der Waals surface area contributed by atoms with Crippen molar-refractivity contribution in [1.29, 1.82) is 0 Å². The highest BCUT2D eigenvalue weighted by Gasteiger charge is 2.07. The summed E-state index contributed by atoms with van der Waals surface area (Å²) in [5, 5.41) is 4.87. The number of rotatable bonds is 5. The second-order valence-electron chi connectivity index (χ2n) is 3.93. The lowest BCUT2D eigenvalue weighted by atomic mass is 10.2. The maximum Gasteiger partial charge on any atom is 0.166 e. The average Bonchev–Trinajstić information content (AvgIpc) is 2.46. The van der Waals surface area contributed by atoms with E-state index in [-0.39, 0.29) is 10.2 Å². The quantitative estimate of drug-likeness (QED) is 0.477. The Morgan fingerprint density at radius 3 is 2.76 bits per heavy atom. The smallest absolute Gasteiger partial charge is 0.166 e. The van der Waals surface area contributed by atoms with Gasteiger partial charge in [0.1, 0.15) is 10.9 Å². The zero-order valence-electron chi connectivity index (χ0n) is 11.1. The molecule has 4 nitrogen and oxygen atoms in total. The Bertz CT molecular complexity index is 662. The van der Waals surface area contributed by atoms with Gasteiger partial charge in [-0.15, -0.1) is 0 Å². The molecule has 0 aliphatic heterocycles. The Balaban J connectivity index is 2.14. The molecule has 0 bridgehead atoms. The number of aromatic nitrogens is 1. The third kappa shape index (κ3) is 4.24. The summed E-state index contributed by atoms with van der Waals surface area (Å²) < 4.78 is 5.50. The van der Waals surface area contributed by atoms with E-state index < -0.39 is 0 Å². The zero-order chi connectivity index (χ0) is 15.2. The van der Waals surface area contributed by atoms with Crippen LogP contribution in [0.5, 0.6) is 5.75 Å². The number of halogens is 3. The van der Waals surface area contributed by atoms with Crippen molar-refractivity contribution >= 4 is 46.8 Å². The molecule has 110 valence electrons. The molecule has 0 atom stereocenters. The molecular weight excluding hydrogens is 333 g/mol. The number of benzene rings is 1. The van der Waals surface area contributed by atoms with E-state index in [9.17, 15) is 0 Å². The Hall–Kier alpha value is -1.49. The van der Waals surface area contributed by atoms with Gasteiger partial charge in [0.15, 0.2) is 5.82 Å². The molecule has 21 heavy (non-hydrogen) atoms. The Morgan fingerprint density at radius 1 is 1.24 bits per heavy atom.